The number of likely N-dealkylation sites (tertiary alicyclic amines) is 1. The van der Waals surface area contributed by atoms with Crippen molar-refractivity contribution in [3.8, 4) is 0 Å². The molecule has 1 aromatic rings. The van der Waals surface area contributed by atoms with Gasteiger partial charge in [-0.15, -0.1) is 0 Å². The van der Waals surface area contributed by atoms with Crippen LogP contribution >= 0.6 is 0 Å². The number of benzene rings is 1. The molecule has 0 aliphatic carbocycles. The molecule has 0 amide bonds. The van der Waals surface area contributed by atoms with Crippen LogP contribution in [0.1, 0.15) is 82.8 Å². The number of Topliss-reactive ketones (excluding diaryl/α,β-unsaturated/α-hetero) is 1. The van der Waals surface area contributed by atoms with E-state index in [1.165, 1.54) is 12.1 Å². The SMILES string of the molecule is CCCC(CCCC(=O)C1=C(C)C(=O)OC12CCN(CC)CC2)c1cccc(C(F)(F)F)c1. The van der Waals surface area contributed by atoms with Gasteiger partial charge < -0.3 is 9.64 Å². The number of esters is 1. The fourth-order valence-electron chi connectivity index (χ4n) is 5.22. The lowest BCUT2D eigenvalue weighted by atomic mass is 9.79. The van der Waals surface area contributed by atoms with Gasteiger partial charge in [0.25, 0.3) is 0 Å². The quantitative estimate of drug-likeness (QED) is 0.416. The third-order valence-corrected chi connectivity index (χ3v) is 7.09. The van der Waals surface area contributed by atoms with E-state index in [2.05, 4.69) is 11.8 Å². The Morgan fingerprint density at radius 3 is 2.48 bits per heavy atom. The molecule has 3 rings (SSSR count). The van der Waals surface area contributed by atoms with Gasteiger partial charge in [-0.25, -0.2) is 4.79 Å². The van der Waals surface area contributed by atoms with Crippen LogP contribution < -0.4 is 0 Å². The maximum absolute atomic E-state index is 13.2. The third-order valence-electron chi connectivity index (χ3n) is 7.09. The van der Waals surface area contributed by atoms with Crippen molar-refractivity contribution in [3.05, 3.63) is 46.5 Å². The Kier molecular flexibility index (Phi) is 8.04. The van der Waals surface area contributed by atoms with Crippen LogP contribution in [0.2, 0.25) is 0 Å². The van der Waals surface area contributed by atoms with Crippen LogP contribution in [0.4, 0.5) is 13.2 Å². The molecule has 2 aliphatic heterocycles. The van der Waals surface area contributed by atoms with Crippen LogP contribution in [-0.2, 0) is 20.5 Å². The molecule has 33 heavy (non-hydrogen) atoms. The van der Waals surface area contributed by atoms with E-state index in [1.54, 1.807) is 13.0 Å². The number of carbonyl (C=O) groups is 2. The zero-order valence-electron chi connectivity index (χ0n) is 19.8. The lowest BCUT2D eigenvalue weighted by Crippen LogP contribution is -2.47. The van der Waals surface area contributed by atoms with E-state index in [0.29, 0.717) is 42.4 Å². The monoisotopic (exact) mass is 465 g/mol. The van der Waals surface area contributed by atoms with Gasteiger partial charge in [-0.3, -0.25) is 4.79 Å². The number of hydrogen-bond acceptors (Lipinski definition) is 4. The Morgan fingerprint density at radius 1 is 1.18 bits per heavy atom. The maximum Gasteiger partial charge on any atom is 0.416 e. The lowest BCUT2D eigenvalue weighted by Gasteiger charge is -2.39. The van der Waals surface area contributed by atoms with E-state index < -0.39 is 23.3 Å². The van der Waals surface area contributed by atoms with E-state index in [9.17, 15) is 22.8 Å². The number of ketones is 1. The molecule has 1 spiro atoms. The summed E-state index contributed by atoms with van der Waals surface area (Å²) < 4.78 is 45.2. The van der Waals surface area contributed by atoms with Crippen molar-refractivity contribution < 1.29 is 27.5 Å². The number of halogens is 3. The van der Waals surface area contributed by atoms with Crippen molar-refractivity contribution in [1.82, 2.24) is 4.90 Å². The van der Waals surface area contributed by atoms with Crippen molar-refractivity contribution in [2.24, 2.45) is 0 Å². The number of alkyl halides is 3. The average Bonchev–Trinajstić information content (AvgIpc) is 3.02. The molecule has 0 bridgehead atoms. The van der Waals surface area contributed by atoms with Crippen LogP contribution in [-0.4, -0.2) is 41.9 Å². The molecular weight excluding hydrogens is 431 g/mol. The second-order valence-corrected chi connectivity index (χ2v) is 9.24. The van der Waals surface area contributed by atoms with Crippen molar-refractivity contribution in [3.63, 3.8) is 0 Å². The van der Waals surface area contributed by atoms with E-state index in [1.807, 2.05) is 6.92 Å². The second kappa shape index (κ2) is 10.4. The predicted molar refractivity (Wildman–Crippen MR) is 121 cm³/mol. The molecule has 0 N–H and O–H groups in total. The molecule has 0 saturated carbocycles. The third kappa shape index (κ3) is 5.68. The molecule has 1 saturated heterocycles. The number of ether oxygens (including phenoxy) is 1. The molecule has 7 heteroatoms. The van der Waals surface area contributed by atoms with E-state index in [-0.39, 0.29) is 18.1 Å². The van der Waals surface area contributed by atoms with Crippen LogP contribution in [0.25, 0.3) is 0 Å². The number of nitrogens with zero attached hydrogens (tertiary/aromatic N) is 1. The smallest absolute Gasteiger partial charge is 0.416 e. The van der Waals surface area contributed by atoms with Gasteiger partial charge in [0.15, 0.2) is 5.78 Å². The topological polar surface area (TPSA) is 46.6 Å². The normalized spacial score (nSPS) is 19.8. The molecule has 1 fully saturated rings. The van der Waals surface area contributed by atoms with E-state index >= 15 is 0 Å². The molecule has 2 aliphatic rings. The fraction of sp³-hybridized carbons (Fsp3) is 0.615. The summed E-state index contributed by atoms with van der Waals surface area (Å²) in [5.41, 5.74) is 0.146. The summed E-state index contributed by atoms with van der Waals surface area (Å²) in [6.45, 7) is 8.24. The Hall–Kier alpha value is -2.15. The van der Waals surface area contributed by atoms with E-state index in [0.717, 1.165) is 38.5 Å². The van der Waals surface area contributed by atoms with Gasteiger partial charge in [-0.1, -0.05) is 38.5 Å². The predicted octanol–water partition coefficient (Wildman–Crippen LogP) is 6.06. The number of rotatable bonds is 9. The van der Waals surface area contributed by atoms with Gasteiger partial charge in [0.1, 0.15) is 5.60 Å². The standard InChI is InChI=1S/C26H34F3NO3/c1-4-8-19(20-10-6-11-21(17-20)26(27,28)29)9-7-12-22(31)23-18(3)24(32)33-25(23)13-15-30(5-2)16-14-25/h6,10-11,17,19H,4-5,7-9,12-16H2,1-3H3. The zero-order chi connectivity index (χ0) is 24.2. The number of piperidine rings is 1. The summed E-state index contributed by atoms with van der Waals surface area (Å²) in [4.78, 5) is 27.9. The van der Waals surface area contributed by atoms with Crippen LogP contribution in [0.15, 0.2) is 35.4 Å². The minimum atomic E-state index is -4.37. The lowest BCUT2D eigenvalue weighted by molar-refractivity contribution is -0.150. The second-order valence-electron chi connectivity index (χ2n) is 9.24. The van der Waals surface area contributed by atoms with Gasteiger partial charge in [-0.2, -0.15) is 13.2 Å². The number of carbonyl (C=O) groups excluding carboxylic acids is 2. The number of hydrogen-bond donors (Lipinski definition) is 0. The first-order chi connectivity index (χ1) is 15.6. The van der Waals surface area contributed by atoms with Crippen molar-refractivity contribution >= 4 is 11.8 Å². The molecular formula is C26H34F3NO3. The molecule has 0 radical (unpaired) electrons. The molecule has 1 aromatic carbocycles. The highest BCUT2D eigenvalue weighted by Crippen LogP contribution is 2.42. The first kappa shape index (κ1) is 25.5. The Morgan fingerprint density at radius 2 is 1.88 bits per heavy atom. The summed E-state index contributed by atoms with van der Waals surface area (Å²) >= 11 is 0. The minimum absolute atomic E-state index is 0.0385. The average molecular weight is 466 g/mol. The Bertz CT molecular complexity index is 898. The fourth-order valence-corrected chi connectivity index (χ4v) is 5.22. The first-order valence-corrected chi connectivity index (χ1v) is 12.0. The molecule has 1 atom stereocenters. The first-order valence-electron chi connectivity index (χ1n) is 12.0. The molecule has 4 nitrogen and oxygen atoms in total. The summed E-state index contributed by atoms with van der Waals surface area (Å²) in [5.74, 6) is -0.512. The zero-order valence-corrected chi connectivity index (χ0v) is 19.8. The van der Waals surface area contributed by atoms with Gasteiger partial charge in [0, 0.05) is 43.5 Å². The minimum Gasteiger partial charge on any atom is -0.451 e. The van der Waals surface area contributed by atoms with Crippen LogP contribution in [0, 0.1) is 0 Å². The highest BCUT2D eigenvalue weighted by atomic mass is 19.4. The van der Waals surface area contributed by atoms with Gasteiger partial charge in [0.2, 0.25) is 0 Å². The van der Waals surface area contributed by atoms with Crippen molar-refractivity contribution in [2.75, 3.05) is 19.6 Å². The van der Waals surface area contributed by atoms with Crippen LogP contribution in [0.5, 0.6) is 0 Å². The highest BCUT2D eigenvalue weighted by Gasteiger charge is 2.50. The molecule has 182 valence electrons. The molecule has 2 heterocycles. The van der Waals surface area contributed by atoms with Crippen molar-refractivity contribution in [1.29, 1.82) is 0 Å². The summed E-state index contributed by atoms with van der Waals surface area (Å²) in [5, 5.41) is 0. The Labute approximate surface area is 194 Å². The summed E-state index contributed by atoms with van der Waals surface area (Å²) in [7, 11) is 0. The van der Waals surface area contributed by atoms with E-state index in [4.69, 9.17) is 4.74 Å². The maximum atomic E-state index is 13.2. The highest BCUT2D eigenvalue weighted by molar-refractivity contribution is 6.08. The summed E-state index contributed by atoms with van der Waals surface area (Å²) in [6, 6.07) is 5.51. The van der Waals surface area contributed by atoms with Gasteiger partial charge in [-0.05, 0) is 50.3 Å². The van der Waals surface area contributed by atoms with Crippen LogP contribution in [0.3, 0.4) is 0 Å². The molecule has 1 unspecified atom stereocenters. The Balaban J connectivity index is 1.68. The van der Waals surface area contributed by atoms with Gasteiger partial charge >= 0.3 is 12.1 Å². The largest absolute Gasteiger partial charge is 0.451 e. The summed E-state index contributed by atoms with van der Waals surface area (Å²) in [6.07, 6.45) is -0.0822. The van der Waals surface area contributed by atoms with Crippen molar-refractivity contribution in [2.45, 2.75) is 83.4 Å². The molecule has 0 aromatic heterocycles. The van der Waals surface area contributed by atoms with Gasteiger partial charge in [0.05, 0.1) is 5.56 Å².